The Morgan fingerprint density at radius 2 is 1.52 bits per heavy atom. The summed E-state index contributed by atoms with van der Waals surface area (Å²) in [5.41, 5.74) is 0.173. The van der Waals surface area contributed by atoms with Crippen molar-refractivity contribution in [3.05, 3.63) is 0 Å². The molecule has 2 aliphatic carbocycles. The third-order valence-corrected chi connectivity index (χ3v) is 7.32. The topological polar surface area (TPSA) is 46.2 Å². The van der Waals surface area contributed by atoms with Crippen molar-refractivity contribution in [1.82, 2.24) is 5.32 Å². The third kappa shape index (κ3) is 3.49. The van der Waals surface area contributed by atoms with E-state index in [9.17, 15) is 9.59 Å². The molecule has 0 aromatic rings. The highest BCUT2D eigenvalue weighted by atomic mass is 16.2. The molecule has 2 amide bonds. The highest BCUT2D eigenvalue weighted by molar-refractivity contribution is 5.99. The summed E-state index contributed by atoms with van der Waals surface area (Å²) in [6.07, 6.45) is 14.0. The lowest BCUT2D eigenvalue weighted by atomic mass is 9.70. The van der Waals surface area contributed by atoms with E-state index in [2.05, 4.69) is 19.2 Å². The summed E-state index contributed by atoms with van der Waals surface area (Å²) >= 11 is 0. The van der Waals surface area contributed by atoms with E-state index < -0.39 is 0 Å². The van der Waals surface area contributed by atoms with Gasteiger partial charge in [-0.2, -0.15) is 0 Å². The molecule has 130 valence electrons. The molecule has 3 aliphatic rings. The van der Waals surface area contributed by atoms with Crippen molar-refractivity contribution in [2.45, 2.75) is 90.9 Å². The van der Waals surface area contributed by atoms with E-state index in [1.807, 2.05) is 0 Å². The van der Waals surface area contributed by atoms with E-state index in [0.29, 0.717) is 5.41 Å². The average Bonchev–Trinajstić information content (AvgIpc) is 2.89. The van der Waals surface area contributed by atoms with Crippen LogP contribution in [0, 0.1) is 22.7 Å². The second kappa shape index (κ2) is 6.57. The van der Waals surface area contributed by atoms with Gasteiger partial charge >= 0.3 is 0 Å². The quantitative estimate of drug-likeness (QED) is 0.718. The Kier molecular flexibility index (Phi) is 4.85. The molecule has 3 fully saturated rings. The van der Waals surface area contributed by atoms with Crippen molar-refractivity contribution < 1.29 is 9.59 Å². The highest BCUT2D eigenvalue weighted by Gasteiger charge is 2.41. The Morgan fingerprint density at radius 3 is 2.26 bits per heavy atom. The van der Waals surface area contributed by atoms with Crippen molar-refractivity contribution in [3.63, 3.8) is 0 Å². The summed E-state index contributed by atoms with van der Waals surface area (Å²) in [5.74, 6) is 0.804. The van der Waals surface area contributed by atoms with E-state index in [4.69, 9.17) is 0 Å². The number of hydrogen-bond acceptors (Lipinski definition) is 2. The summed E-state index contributed by atoms with van der Waals surface area (Å²) in [5, 5.41) is 2.70. The Morgan fingerprint density at radius 1 is 0.826 bits per heavy atom. The molecule has 1 aliphatic heterocycles. The molecule has 1 saturated heterocycles. The molecule has 0 aromatic carbocycles. The Hall–Kier alpha value is -0.860. The highest BCUT2D eigenvalue weighted by Crippen LogP contribution is 2.49. The zero-order chi connectivity index (χ0) is 16.5. The molecule has 1 N–H and O–H groups in total. The maximum absolute atomic E-state index is 12.5. The number of fused-ring (bicyclic) bond motifs is 3. The summed E-state index contributed by atoms with van der Waals surface area (Å²) in [7, 11) is 0. The van der Waals surface area contributed by atoms with Crippen LogP contribution >= 0.6 is 0 Å². The van der Waals surface area contributed by atoms with Crippen LogP contribution in [0.4, 0.5) is 0 Å². The van der Waals surface area contributed by atoms with Crippen LogP contribution in [0.15, 0.2) is 0 Å². The zero-order valence-electron chi connectivity index (χ0n) is 15.0. The number of carbonyl (C=O) groups excluding carboxylic acids is 2. The first-order chi connectivity index (χ1) is 10.9. The van der Waals surface area contributed by atoms with Gasteiger partial charge in [0.15, 0.2) is 0 Å². The molecular weight excluding hydrogens is 286 g/mol. The van der Waals surface area contributed by atoms with Crippen molar-refractivity contribution in [3.8, 4) is 0 Å². The van der Waals surface area contributed by atoms with Gasteiger partial charge < -0.3 is 0 Å². The number of carbonyl (C=O) groups is 2. The molecule has 2 saturated carbocycles. The standard InChI is InChI=1S/C20H33NO2/c1-19(11-3-4-12-19)16-8-5-7-15-10-14-20(2,13-6-9-16)18(23)21-17(15)22/h15-16H,3-14H2,1-2H3,(H,21,22,23). The van der Waals surface area contributed by atoms with E-state index in [-0.39, 0.29) is 23.1 Å². The van der Waals surface area contributed by atoms with Crippen molar-refractivity contribution in [2.24, 2.45) is 22.7 Å². The van der Waals surface area contributed by atoms with Crippen molar-refractivity contribution in [2.75, 3.05) is 0 Å². The molecular formula is C20H33NO2. The second-order valence-electron chi connectivity index (χ2n) is 9.00. The fraction of sp³-hybridized carbons (Fsp3) is 0.900. The lowest BCUT2D eigenvalue weighted by molar-refractivity contribution is -0.136. The molecule has 3 unspecified atom stereocenters. The predicted molar refractivity (Wildman–Crippen MR) is 91.7 cm³/mol. The number of nitrogens with one attached hydrogen (secondary N) is 1. The molecule has 3 nitrogen and oxygen atoms in total. The molecule has 0 spiro atoms. The van der Waals surface area contributed by atoms with Crippen LogP contribution in [-0.4, -0.2) is 11.8 Å². The maximum Gasteiger partial charge on any atom is 0.232 e. The lowest BCUT2D eigenvalue weighted by Crippen LogP contribution is -2.41. The first-order valence-electron chi connectivity index (χ1n) is 9.78. The molecule has 3 heteroatoms. The normalized spacial score (nSPS) is 38.7. The van der Waals surface area contributed by atoms with Gasteiger partial charge in [0.05, 0.1) is 0 Å². The van der Waals surface area contributed by atoms with Gasteiger partial charge in [0.1, 0.15) is 0 Å². The number of amides is 2. The smallest absolute Gasteiger partial charge is 0.232 e. The minimum absolute atomic E-state index is 0.0112. The van der Waals surface area contributed by atoms with Gasteiger partial charge in [-0.05, 0) is 62.7 Å². The summed E-state index contributed by atoms with van der Waals surface area (Å²) in [4.78, 5) is 24.8. The second-order valence-corrected chi connectivity index (χ2v) is 9.00. The van der Waals surface area contributed by atoms with Gasteiger partial charge in [-0.3, -0.25) is 14.9 Å². The van der Waals surface area contributed by atoms with Crippen molar-refractivity contribution >= 4 is 11.8 Å². The third-order valence-electron chi connectivity index (χ3n) is 7.32. The van der Waals surface area contributed by atoms with Gasteiger partial charge in [0, 0.05) is 11.3 Å². The summed E-state index contributed by atoms with van der Waals surface area (Å²) in [6, 6.07) is 0. The van der Waals surface area contributed by atoms with Crippen molar-refractivity contribution in [1.29, 1.82) is 0 Å². The monoisotopic (exact) mass is 319 g/mol. The van der Waals surface area contributed by atoms with Gasteiger partial charge in [-0.1, -0.05) is 39.5 Å². The summed E-state index contributed by atoms with van der Waals surface area (Å²) < 4.78 is 0. The molecule has 3 rings (SSSR count). The molecule has 0 aromatic heterocycles. The van der Waals surface area contributed by atoms with Gasteiger partial charge in [0.2, 0.25) is 11.8 Å². The van der Waals surface area contributed by atoms with Crippen LogP contribution in [0.1, 0.15) is 90.9 Å². The van der Waals surface area contributed by atoms with E-state index >= 15 is 0 Å². The number of rotatable bonds is 1. The molecule has 0 radical (unpaired) electrons. The van der Waals surface area contributed by atoms with Crippen LogP contribution in [0.25, 0.3) is 0 Å². The number of imide groups is 1. The fourth-order valence-electron chi connectivity index (χ4n) is 5.40. The van der Waals surface area contributed by atoms with Crippen LogP contribution in [-0.2, 0) is 9.59 Å². The Balaban J connectivity index is 1.76. The van der Waals surface area contributed by atoms with E-state index in [1.54, 1.807) is 0 Å². The van der Waals surface area contributed by atoms with Gasteiger partial charge in [-0.25, -0.2) is 0 Å². The van der Waals surface area contributed by atoms with Crippen LogP contribution < -0.4 is 5.32 Å². The molecule has 23 heavy (non-hydrogen) atoms. The molecule has 3 atom stereocenters. The van der Waals surface area contributed by atoms with Crippen LogP contribution in [0.5, 0.6) is 0 Å². The number of hydrogen-bond donors (Lipinski definition) is 1. The van der Waals surface area contributed by atoms with Gasteiger partial charge in [0.25, 0.3) is 0 Å². The first kappa shape index (κ1) is 17.0. The van der Waals surface area contributed by atoms with Crippen LogP contribution in [0.3, 0.4) is 0 Å². The average molecular weight is 319 g/mol. The Labute approximate surface area is 141 Å². The maximum atomic E-state index is 12.5. The predicted octanol–water partition coefficient (Wildman–Crippen LogP) is 4.60. The zero-order valence-corrected chi connectivity index (χ0v) is 15.0. The first-order valence-corrected chi connectivity index (χ1v) is 9.78. The van der Waals surface area contributed by atoms with Gasteiger partial charge in [-0.15, -0.1) is 0 Å². The minimum Gasteiger partial charge on any atom is -0.296 e. The van der Waals surface area contributed by atoms with E-state index in [0.717, 1.165) is 44.4 Å². The lowest BCUT2D eigenvalue weighted by Gasteiger charge is -2.35. The largest absolute Gasteiger partial charge is 0.296 e. The SMILES string of the molecule is CC12CCCC(C3(C)CCCC3)CCCC(CC1)C(=O)NC2=O. The fourth-order valence-corrected chi connectivity index (χ4v) is 5.40. The Bertz CT molecular complexity index is 466. The van der Waals surface area contributed by atoms with Crippen LogP contribution in [0.2, 0.25) is 0 Å². The summed E-state index contributed by atoms with van der Waals surface area (Å²) in [6.45, 7) is 4.56. The molecule has 2 bridgehead atoms. The van der Waals surface area contributed by atoms with E-state index in [1.165, 1.54) is 38.5 Å². The molecule has 1 heterocycles. The minimum atomic E-state index is -0.337.